The minimum atomic E-state index is -0.286. The van der Waals surface area contributed by atoms with Gasteiger partial charge in [0.25, 0.3) is 0 Å². The van der Waals surface area contributed by atoms with Crippen LogP contribution in [0.4, 0.5) is 14.9 Å². The highest BCUT2D eigenvalue weighted by Gasteiger charge is 2.46. The molecule has 1 aromatic heterocycles. The predicted octanol–water partition coefficient (Wildman–Crippen LogP) is 5.43. The fraction of sp³-hybridized carbons (Fsp3) is 0.452. The number of likely N-dealkylation sites (tertiary alicyclic amines) is 1. The quantitative estimate of drug-likeness (QED) is 0.463. The maximum Gasteiger partial charge on any atom is 0.317 e. The lowest BCUT2D eigenvalue weighted by atomic mass is 9.67. The summed E-state index contributed by atoms with van der Waals surface area (Å²) < 4.78 is 13.4. The summed E-state index contributed by atoms with van der Waals surface area (Å²) in [6, 6.07) is 9.90. The number of rotatable bonds is 6. The highest BCUT2D eigenvalue weighted by atomic mass is 19.1. The molecule has 3 atom stereocenters. The van der Waals surface area contributed by atoms with Crippen LogP contribution < -0.4 is 11.1 Å². The van der Waals surface area contributed by atoms with Gasteiger partial charge in [-0.05, 0) is 110 Å². The lowest BCUT2D eigenvalue weighted by molar-refractivity contribution is 0.133. The van der Waals surface area contributed by atoms with Crippen LogP contribution in [0.3, 0.4) is 0 Å². The van der Waals surface area contributed by atoms with Crippen molar-refractivity contribution >= 4 is 17.4 Å². The molecule has 2 fully saturated rings. The smallest absolute Gasteiger partial charge is 0.317 e. The summed E-state index contributed by atoms with van der Waals surface area (Å²) in [7, 11) is 0. The molecule has 206 valence electrons. The third-order valence-corrected chi connectivity index (χ3v) is 8.94. The van der Waals surface area contributed by atoms with E-state index in [1.165, 1.54) is 17.7 Å². The van der Waals surface area contributed by atoms with Crippen LogP contribution in [0.25, 0.3) is 0 Å². The molecule has 0 bridgehead atoms. The molecule has 1 unspecified atom stereocenters. The molecule has 8 heteroatoms. The molecular weight excluding hydrogens is 493 g/mol. The van der Waals surface area contributed by atoms with Crippen LogP contribution >= 0.6 is 0 Å². The van der Waals surface area contributed by atoms with Gasteiger partial charge in [0.05, 0.1) is 17.4 Å². The fourth-order valence-electron chi connectivity index (χ4n) is 6.42. The van der Waals surface area contributed by atoms with Crippen molar-refractivity contribution in [1.82, 2.24) is 15.2 Å². The zero-order valence-electron chi connectivity index (χ0n) is 22.5. The van der Waals surface area contributed by atoms with Crippen LogP contribution in [-0.2, 0) is 0 Å². The van der Waals surface area contributed by atoms with Gasteiger partial charge in [0.2, 0.25) is 0 Å². The lowest BCUT2D eigenvalue weighted by Gasteiger charge is -2.39. The Labute approximate surface area is 229 Å². The second kappa shape index (κ2) is 11.7. The number of nitrogens with two attached hydrogens (primary N) is 1. The van der Waals surface area contributed by atoms with Gasteiger partial charge in [0.1, 0.15) is 5.82 Å². The molecule has 0 spiro atoms. The minimum Gasteiger partial charge on any atom is -0.404 e. The number of piperidine rings is 1. The number of aliphatic hydroxyl groups is 1. The van der Waals surface area contributed by atoms with Crippen molar-refractivity contribution in [3.8, 4) is 0 Å². The number of aliphatic hydroxyl groups excluding tert-OH is 1. The van der Waals surface area contributed by atoms with Gasteiger partial charge in [-0.3, -0.25) is 4.98 Å². The van der Waals surface area contributed by atoms with E-state index in [9.17, 15) is 14.3 Å². The van der Waals surface area contributed by atoms with Gasteiger partial charge in [-0.2, -0.15) is 0 Å². The van der Waals surface area contributed by atoms with E-state index in [-0.39, 0.29) is 35.8 Å². The lowest BCUT2D eigenvalue weighted by Crippen LogP contribution is -2.46. The van der Waals surface area contributed by atoms with Gasteiger partial charge in [-0.25, -0.2) is 14.2 Å². The number of allylic oxidation sites excluding steroid dienone is 3. The minimum absolute atomic E-state index is 0.0564. The maximum atomic E-state index is 13.4. The first-order valence-corrected chi connectivity index (χ1v) is 13.9. The average Bonchev–Trinajstić information content (AvgIpc) is 3.28. The van der Waals surface area contributed by atoms with E-state index in [0.29, 0.717) is 24.7 Å². The summed E-state index contributed by atoms with van der Waals surface area (Å²) in [5.74, 6) is 0.322. The van der Waals surface area contributed by atoms with Crippen LogP contribution in [0.15, 0.2) is 77.2 Å². The molecule has 1 aromatic carbocycles. The molecule has 0 radical (unpaired) electrons. The van der Waals surface area contributed by atoms with Crippen molar-refractivity contribution in [1.29, 1.82) is 0 Å². The molecule has 1 saturated heterocycles. The predicted molar refractivity (Wildman–Crippen MR) is 151 cm³/mol. The van der Waals surface area contributed by atoms with Crippen molar-refractivity contribution in [2.45, 2.75) is 51.5 Å². The fourth-order valence-corrected chi connectivity index (χ4v) is 6.42. The number of benzene rings is 1. The number of pyridine rings is 1. The number of hydrogen-bond acceptors (Lipinski definition) is 5. The van der Waals surface area contributed by atoms with Crippen LogP contribution in [0.1, 0.15) is 57.1 Å². The molecule has 1 aliphatic heterocycles. The van der Waals surface area contributed by atoms with E-state index in [1.807, 2.05) is 23.2 Å². The van der Waals surface area contributed by atoms with E-state index < -0.39 is 0 Å². The van der Waals surface area contributed by atoms with Crippen molar-refractivity contribution < 1.29 is 14.3 Å². The number of fused-ring (bicyclic) bond motifs is 1. The first-order valence-electron chi connectivity index (χ1n) is 13.9. The largest absolute Gasteiger partial charge is 0.404 e. The molecule has 4 N–H and O–H groups in total. The Morgan fingerprint density at radius 2 is 2.05 bits per heavy atom. The van der Waals surface area contributed by atoms with Gasteiger partial charge in [0, 0.05) is 32.1 Å². The number of aromatic nitrogens is 1. The maximum absolute atomic E-state index is 13.4. The summed E-state index contributed by atoms with van der Waals surface area (Å²) in [5, 5.41) is 12.8. The zero-order valence-corrected chi connectivity index (χ0v) is 22.5. The number of carbonyl (C=O) groups excluding carboxylic acids is 1. The number of halogens is 1. The van der Waals surface area contributed by atoms with Gasteiger partial charge >= 0.3 is 6.03 Å². The Morgan fingerprint density at radius 3 is 2.72 bits per heavy atom. The first kappa shape index (κ1) is 27.1. The summed E-state index contributed by atoms with van der Waals surface area (Å²) >= 11 is 0. The number of nitrogens with zero attached hydrogens (tertiary/aromatic N) is 3. The zero-order chi connectivity index (χ0) is 27.4. The van der Waals surface area contributed by atoms with Gasteiger partial charge in [-0.1, -0.05) is 18.6 Å². The second-order valence-electron chi connectivity index (χ2n) is 11.3. The number of nitrogens with one attached hydrogen (secondary N) is 1. The van der Waals surface area contributed by atoms with Gasteiger partial charge in [-0.15, -0.1) is 0 Å². The molecule has 2 heterocycles. The summed E-state index contributed by atoms with van der Waals surface area (Å²) in [4.78, 5) is 24.3. The SMILES string of the molecule is C[C@]12CC(=CN)C(=Nc3ccc(F)cc3)C=C1CC[C@@H]2CC(NC(=O)N1CCC(CO)CC1)c1cccnc1. The van der Waals surface area contributed by atoms with Crippen molar-refractivity contribution in [3.63, 3.8) is 0 Å². The molecule has 2 aliphatic carbocycles. The van der Waals surface area contributed by atoms with E-state index in [1.54, 1.807) is 24.5 Å². The monoisotopic (exact) mass is 531 g/mol. The number of aliphatic imine (C=N–C) groups is 1. The summed E-state index contributed by atoms with van der Waals surface area (Å²) in [6.07, 6.45) is 12.6. The van der Waals surface area contributed by atoms with Crippen molar-refractivity contribution in [2.24, 2.45) is 28.0 Å². The van der Waals surface area contributed by atoms with Gasteiger partial charge < -0.3 is 21.1 Å². The molecule has 5 rings (SSSR count). The highest BCUT2D eigenvalue weighted by Crippen LogP contribution is 2.56. The Balaban J connectivity index is 1.36. The van der Waals surface area contributed by atoms with E-state index in [0.717, 1.165) is 55.4 Å². The Morgan fingerprint density at radius 1 is 1.28 bits per heavy atom. The van der Waals surface area contributed by atoms with E-state index in [2.05, 4.69) is 23.3 Å². The van der Waals surface area contributed by atoms with Crippen LogP contribution in [-0.4, -0.2) is 46.4 Å². The van der Waals surface area contributed by atoms with Crippen LogP contribution in [0, 0.1) is 23.1 Å². The standard InChI is InChI=1S/C31H38FN5O2/c1-31-17-23(18-33)29(35-27-8-6-26(32)7-9-27)16-25(31)5-4-24(31)15-28(22-3-2-12-34-19-22)36-30(39)37-13-10-21(20-38)11-14-37/h2-3,6-9,12,16,18-19,21,24,28,38H,4-5,10-11,13-15,17,20,33H2,1H3,(H,36,39)/t24-,28?,31-/m1/s1. The van der Waals surface area contributed by atoms with Crippen LogP contribution in [0.5, 0.6) is 0 Å². The topological polar surface area (TPSA) is 104 Å². The molecular formula is C31H38FN5O2. The summed E-state index contributed by atoms with van der Waals surface area (Å²) in [6.45, 7) is 3.80. The molecule has 39 heavy (non-hydrogen) atoms. The van der Waals surface area contributed by atoms with Crippen molar-refractivity contribution in [3.05, 3.63) is 83.6 Å². The molecule has 2 aromatic rings. The van der Waals surface area contributed by atoms with E-state index in [4.69, 9.17) is 10.7 Å². The Bertz CT molecular complexity index is 1250. The molecule has 1 saturated carbocycles. The Kier molecular flexibility index (Phi) is 8.12. The third-order valence-electron chi connectivity index (χ3n) is 8.94. The third kappa shape index (κ3) is 5.91. The first-order chi connectivity index (χ1) is 18.9. The van der Waals surface area contributed by atoms with Gasteiger partial charge in [0.15, 0.2) is 0 Å². The average molecular weight is 532 g/mol. The normalized spacial score (nSPS) is 26.4. The molecule has 2 amide bonds. The number of urea groups is 1. The van der Waals surface area contributed by atoms with E-state index >= 15 is 0 Å². The number of carbonyl (C=O) groups is 1. The molecule has 7 nitrogen and oxygen atoms in total. The molecule has 3 aliphatic rings. The van der Waals surface area contributed by atoms with Crippen molar-refractivity contribution in [2.75, 3.05) is 19.7 Å². The van der Waals surface area contributed by atoms with Crippen LogP contribution in [0.2, 0.25) is 0 Å². The number of hydrogen-bond donors (Lipinski definition) is 3. The Hall–Kier alpha value is -3.52. The summed E-state index contributed by atoms with van der Waals surface area (Å²) in [5.41, 5.74) is 10.9. The second-order valence-corrected chi connectivity index (χ2v) is 11.3. The number of amides is 2. The highest BCUT2D eigenvalue weighted by molar-refractivity contribution is 6.11.